The van der Waals surface area contributed by atoms with Crippen molar-refractivity contribution >= 4 is 12.6 Å². The van der Waals surface area contributed by atoms with Gasteiger partial charge in [-0.25, -0.2) is 0 Å². The lowest BCUT2D eigenvalue weighted by molar-refractivity contribution is 0.00578. The van der Waals surface area contributed by atoms with E-state index in [4.69, 9.17) is 14.0 Å². The van der Waals surface area contributed by atoms with Crippen molar-refractivity contribution in [3.63, 3.8) is 0 Å². The molecule has 0 bridgehead atoms. The van der Waals surface area contributed by atoms with Gasteiger partial charge in [0.15, 0.2) is 0 Å². The third kappa shape index (κ3) is 3.18. The van der Waals surface area contributed by atoms with Crippen molar-refractivity contribution in [2.45, 2.75) is 58.3 Å². The quantitative estimate of drug-likeness (QED) is 0.780. The van der Waals surface area contributed by atoms with E-state index in [2.05, 4.69) is 39.8 Å². The largest absolute Gasteiger partial charge is 0.495 e. The first kappa shape index (κ1) is 15.1. The predicted molar refractivity (Wildman–Crippen MR) is 84.5 cm³/mol. The fraction of sp³-hybridized carbons (Fsp3) is 0.647. The molecular weight excluding hydrogens is 263 g/mol. The zero-order chi connectivity index (χ0) is 15.1. The molecule has 0 spiro atoms. The summed E-state index contributed by atoms with van der Waals surface area (Å²) < 4.78 is 18.1. The van der Waals surface area contributed by atoms with Crippen LogP contribution in [0.1, 0.15) is 46.1 Å². The molecule has 2 fully saturated rings. The van der Waals surface area contributed by atoms with E-state index in [1.54, 1.807) is 0 Å². The molecule has 0 unspecified atom stereocenters. The van der Waals surface area contributed by atoms with Crippen LogP contribution in [0.4, 0.5) is 0 Å². The van der Waals surface area contributed by atoms with Gasteiger partial charge >= 0.3 is 7.12 Å². The van der Waals surface area contributed by atoms with Gasteiger partial charge in [0.2, 0.25) is 0 Å². The summed E-state index contributed by atoms with van der Waals surface area (Å²) in [6, 6.07) is 8.26. The molecule has 0 radical (unpaired) electrons. The highest BCUT2D eigenvalue weighted by Gasteiger charge is 2.52. The van der Waals surface area contributed by atoms with Gasteiger partial charge in [-0.2, -0.15) is 0 Å². The molecule has 1 heterocycles. The van der Waals surface area contributed by atoms with Crippen molar-refractivity contribution < 1.29 is 14.0 Å². The molecular formula is C17H25BO3. The third-order valence-electron chi connectivity index (χ3n) is 4.87. The molecule has 1 aliphatic carbocycles. The average Bonchev–Trinajstić information content (AvgIpc) is 3.18. The molecule has 1 aromatic rings. The van der Waals surface area contributed by atoms with Crippen LogP contribution in [0.5, 0.6) is 0 Å². The van der Waals surface area contributed by atoms with Crippen molar-refractivity contribution in [1.29, 1.82) is 0 Å². The van der Waals surface area contributed by atoms with Gasteiger partial charge in [-0.05, 0) is 57.5 Å². The average molecular weight is 288 g/mol. The first-order chi connectivity index (χ1) is 9.89. The number of ether oxygens (including phenoxy) is 1. The maximum absolute atomic E-state index is 6.15. The van der Waals surface area contributed by atoms with E-state index >= 15 is 0 Å². The maximum Gasteiger partial charge on any atom is 0.495 e. The molecule has 3 nitrogen and oxygen atoms in total. The van der Waals surface area contributed by atoms with E-state index in [9.17, 15) is 0 Å². The highest BCUT2D eigenvalue weighted by molar-refractivity contribution is 6.62. The fourth-order valence-electron chi connectivity index (χ4n) is 2.49. The molecule has 4 heteroatoms. The van der Waals surface area contributed by atoms with Gasteiger partial charge in [-0.1, -0.05) is 24.3 Å². The van der Waals surface area contributed by atoms with Crippen LogP contribution in [0.3, 0.4) is 0 Å². The summed E-state index contributed by atoms with van der Waals surface area (Å²) in [6.45, 7) is 9.84. The van der Waals surface area contributed by atoms with Crippen LogP contribution in [0, 0.1) is 5.92 Å². The summed E-state index contributed by atoms with van der Waals surface area (Å²) in [5.74, 6) is 0.786. The Bertz CT molecular complexity index is 493. The number of hydrogen-bond donors (Lipinski definition) is 0. The molecule has 0 amide bonds. The van der Waals surface area contributed by atoms with E-state index in [1.165, 1.54) is 12.8 Å². The normalized spacial score (nSPS) is 23.5. The standard InChI is InChI=1S/C17H25BO3/c1-16(2)17(3,4)21-18(20-16)15-8-6-5-7-14(15)12-19-11-13-9-10-13/h5-8,13H,9-12H2,1-4H3. The highest BCUT2D eigenvalue weighted by Crippen LogP contribution is 2.36. The zero-order valence-electron chi connectivity index (χ0n) is 13.5. The van der Waals surface area contributed by atoms with E-state index in [1.807, 2.05) is 12.1 Å². The van der Waals surface area contributed by atoms with E-state index in [-0.39, 0.29) is 18.3 Å². The summed E-state index contributed by atoms with van der Waals surface area (Å²) in [7, 11) is -0.310. The second-order valence-corrected chi connectivity index (χ2v) is 7.25. The molecule has 1 aliphatic heterocycles. The van der Waals surface area contributed by atoms with Crippen molar-refractivity contribution in [2.75, 3.05) is 6.61 Å². The van der Waals surface area contributed by atoms with Gasteiger partial charge in [0.1, 0.15) is 0 Å². The smallest absolute Gasteiger partial charge is 0.399 e. The lowest BCUT2D eigenvalue weighted by Crippen LogP contribution is -2.41. The Hall–Kier alpha value is -0.835. The van der Waals surface area contributed by atoms with Gasteiger partial charge in [0.05, 0.1) is 17.8 Å². The van der Waals surface area contributed by atoms with Crippen LogP contribution < -0.4 is 5.46 Å². The van der Waals surface area contributed by atoms with Crippen LogP contribution in [0.2, 0.25) is 0 Å². The van der Waals surface area contributed by atoms with Crippen molar-refractivity contribution in [3.05, 3.63) is 29.8 Å². The zero-order valence-corrected chi connectivity index (χ0v) is 13.5. The van der Waals surface area contributed by atoms with Crippen LogP contribution in [0.15, 0.2) is 24.3 Å². The molecule has 21 heavy (non-hydrogen) atoms. The molecule has 114 valence electrons. The molecule has 1 saturated heterocycles. The lowest BCUT2D eigenvalue weighted by atomic mass is 9.76. The topological polar surface area (TPSA) is 27.7 Å². The van der Waals surface area contributed by atoms with Crippen molar-refractivity contribution in [3.8, 4) is 0 Å². The molecule has 0 atom stereocenters. The first-order valence-corrected chi connectivity index (χ1v) is 7.90. The first-order valence-electron chi connectivity index (χ1n) is 7.90. The Balaban J connectivity index is 1.72. The second-order valence-electron chi connectivity index (χ2n) is 7.25. The molecule has 0 aromatic heterocycles. The van der Waals surface area contributed by atoms with Crippen LogP contribution >= 0.6 is 0 Å². The Kier molecular flexibility index (Phi) is 3.89. The van der Waals surface area contributed by atoms with E-state index in [0.717, 1.165) is 23.6 Å². The van der Waals surface area contributed by atoms with E-state index in [0.29, 0.717) is 6.61 Å². The minimum Gasteiger partial charge on any atom is -0.399 e. The van der Waals surface area contributed by atoms with Gasteiger partial charge in [-0.3, -0.25) is 0 Å². The van der Waals surface area contributed by atoms with Gasteiger partial charge in [-0.15, -0.1) is 0 Å². The van der Waals surface area contributed by atoms with Crippen LogP contribution in [0.25, 0.3) is 0 Å². The highest BCUT2D eigenvalue weighted by atomic mass is 16.7. The predicted octanol–water partition coefficient (Wildman–Crippen LogP) is 2.91. The second kappa shape index (κ2) is 5.42. The fourth-order valence-corrected chi connectivity index (χ4v) is 2.49. The lowest BCUT2D eigenvalue weighted by Gasteiger charge is -2.32. The Morgan fingerprint density at radius 1 is 1.10 bits per heavy atom. The van der Waals surface area contributed by atoms with Gasteiger partial charge < -0.3 is 14.0 Å². The van der Waals surface area contributed by atoms with Crippen LogP contribution in [-0.4, -0.2) is 24.9 Å². The van der Waals surface area contributed by atoms with Gasteiger partial charge in [0.25, 0.3) is 0 Å². The Labute approximate surface area is 128 Å². The molecule has 1 aromatic carbocycles. The summed E-state index contributed by atoms with van der Waals surface area (Å²) in [6.07, 6.45) is 2.64. The third-order valence-corrected chi connectivity index (χ3v) is 4.87. The molecule has 2 aliphatic rings. The van der Waals surface area contributed by atoms with Crippen molar-refractivity contribution in [2.24, 2.45) is 5.92 Å². The minimum atomic E-state index is -0.310. The summed E-state index contributed by atoms with van der Waals surface area (Å²) in [5.41, 5.74) is 1.64. The molecule has 0 N–H and O–H groups in total. The number of benzene rings is 1. The summed E-state index contributed by atoms with van der Waals surface area (Å²) >= 11 is 0. The number of hydrogen-bond acceptors (Lipinski definition) is 3. The SMILES string of the molecule is CC1(C)OB(c2ccccc2COCC2CC2)OC1(C)C. The molecule has 3 rings (SSSR count). The van der Waals surface area contributed by atoms with Crippen molar-refractivity contribution in [1.82, 2.24) is 0 Å². The van der Waals surface area contributed by atoms with Gasteiger partial charge in [0, 0.05) is 6.61 Å². The summed E-state index contributed by atoms with van der Waals surface area (Å²) in [5, 5.41) is 0. The maximum atomic E-state index is 6.15. The number of rotatable bonds is 5. The summed E-state index contributed by atoms with van der Waals surface area (Å²) in [4.78, 5) is 0. The Morgan fingerprint density at radius 3 is 2.33 bits per heavy atom. The van der Waals surface area contributed by atoms with Crippen LogP contribution in [-0.2, 0) is 20.7 Å². The molecule has 1 saturated carbocycles. The Morgan fingerprint density at radius 2 is 1.71 bits per heavy atom. The van der Waals surface area contributed by atoms with E-state index < -0.39 is 0 Å². The monoisotopic (exact) mass is 288 g/mol. The minimum absolute atomic E-state index is 0.306.